The van der Waals surface area contributed by atoms with E-state index in [2.05, 4.69) is 4.90 Å². The van der Waals surface area contributed by atoms with E-state index < -0.39 is 0 Å². The van der Waals surface area contributed by atoms with Crippen molar-refractivity contribution in [3.63, 3.8) is 0 Å². The average molecular weight is 253 g/mol. The highest BCUT2D eigenvalue weighted by Crippen LogP contribution is 2.15. The fourth-order valence-corrected chi connectivity index (χ4v) is 2.27. The molecule has 1 N–H and O–H groups in total. The van der Waals surface area contributed by atoms with Crippen LogP contribution in [-0.2, 0) is 0 Å². The molecule has 0 saturated carbocycles. The number of ether oxygens (including phenoxy) is 1. The molecule has 1 aromatic carbocycles. The first-order valence-corrected chi connectivity index (χ1v) is 6.53. The molecule has 1 atom stereocenters. The van der Waals surface area contributed by atoms with Crippen molar-refractivity contribution in [3.05, 3.63) is 30.1 Å². The third kappa shape index (κ3) is 3.96. The lowest BCUT2D eigenvalue weighted by Crippen LogP contribution is -2.39. The summed E-state index contributed by atoms with van der Waals surface area (Å²) in [6.07, 6.45) is 2.62. The second kappa shape index (κ2) is 6.71. The largest absolute Gasteiger partial charge is 0.490 e. The Bertz CT molecular complexity index is 373. The van der Waals surface area contributed by atoms with Gasteiger partial charge in [-0.05, 0) is 37.9 Å². The Morgan fingerprint density at radius 1 is 1.39 bits per heavy atom. The van der Waals surface area contributed by atoms with Crippen LogP contribution >= 0.6 is 0 Å². The molecule has 1 aliphatic rings. The quantitative estimate of drug-likeness (QED) is 0.815. The lowest BCUT2D eigenvalue weighted by molar-refractivity contribution is 0.0678. The van der Waals surface area contributed by atoms with Crippen LogP contribution in [-0.4, -0.2) is 42.4 Å². The van der Waals surface area contributed by atoms with Gasteiger partial charge in [0.15, 0.2) is 11.6 Å². The Morgan fingerprint density at radius 2 is 2.22 bits per heavy atom. The van der Waals surface area contributed by atoms with Crippen molar-refractivity contribution in [3.8, 4) is 5.75 Å². The smallest absolute Gasteiger partial charge is 0.165 e. The zero-order valence-electron chi connectivity index (χ0n) is 10.5. The van der Waals surface area contributed by atoms with Crippen molar-refractivity contribution in [1.82, 2.24) is 4.90 Å². The topological polar surface area (TPSA) is 32.7 Å². The minimum Gasteiger partial charge on any atom is -0.490 e. The van der Waals surface area contributed by atoms with Crippen molar-refractivity contribution >= 4 is 0 Å². The standard InChI is InChI=1S/C14H20FNO2/c15-13-6-1-2-7-14(13)18-10-4-9-16-8-3-5-12(17)11-16/h1-2,6-7,12,17H,3-5,8-11H2. The van der Waals surface area contributed by atoms with Crippen LogP contribution in [0.2, 0.25) is 0 Å². The normalized spacial score (nSPS) is 20.9. The summed E-state index contributed by atoms with van der Waals surface area (Å²) in [5.41, 5.74) is 0. The Balaban J connectivity index is 1.65. The molecule has 0 aliphatic carbocycles. The van der Waals surface area contributed by atoms with Crippen LogP contribution in [0.5, 0.6) is 5.75 Å². The maximum absolute atomic E-state index is 13.3. The average Bonchev–Trinajstić information content (AvgIpc) is 2.37. The van der Waals surface area contributed by atoms with Gasteiger partial charge in [0.05, 0.1) is 12.7 Å². The number of rotatable bonds is 5. The monoisotopic (exact) mass is 253 g/mol. The summed E-state index contributed by atoms with van der Waals surface area (Å²) in [5.74, 6) is 0.00192. The molecule has 4 heteroatoms. The predicted octanol–water partition coefficient (Wildman–Crippen LogP) is 2.05. The van der Waals surface area contributed by atoms with E-state index in [4.69, 9.17) is 4.74 Å². The SMILES string of the molecule is OC1CCCN(CCCOc2ccccc2F)C1. The van der Waals surface area contributed by atoms with E-state index in [1.54, 1.807) is 18.2 Å². The molecule has 18 heavy (non-hydrogen) atoms. The zero-order valence-corrected chi connectivity index (χ0v) is 10.5. The van der Waals surface area contributed by atoms with Crippen LogP contribution in [0.3, 0.4) is 0 Å². The summed E-state index contributed by atoms with van der Waals surface area (Å²) in [7, 11) is 0. The van der Waals surface area contributed by atoms with Gasteiger partial charge in [-0.3, -0.25) is 0 Å². The van der Waals surface area contributed by atoms with Crippen molar-refractivity contribution in [2.24, 2.45) is 0 Å². The van der Waals surface area contributed by atoms with Crippen LogP contribution < -0.4 is 4.74 Å². The summed E-state index contributed by atoms with van der Waals surface area (Å²) in [6.45, 7) is 3.19. The molecule has 1 aromatic rings. The minimum atomic E-state index is -0.314. The number of piperidine rings is 1. The molecular weight excluding hydrogens is 233 g/mol. The highest BCUT2D eigenvalue weighted by Gasteiger charge is 2.16. The number of likely N-dealkylation sites (tertiary alicyclic amines) is 1. The maximum atomic E-state index is 13.3. The summed E-state index contributed by atoms with van der Waals surface area (Å²) >= 11 is 0. The fourth-order valence-electron chi connectivity index (χ4n) is 2.27. The minimum absolute atomic E-state index is 0.189. The van der Waals surface area contributed by atoms with Gasteiger partial charge < -0.3 is 14.7 Å². The van der Waals surface area contributed by atoms with Gasteiger partial charge in [0.1, 0.15) is 0 Å². The van der Waals surface area contributed by atoms with Crippen molar-refractivity contribution in [1.29, 1.82) is 0 Å². The molecule has 3 nitrogen and oxygen atoms in total. The molecule has 2 rings (SSSR count). The van der Waals surface area contributed by atoms with Gasteiger partial charge in [0.25, 0.3) is 0 Å². The van der Waals surface area contributed by atoms with E-state index >= 15 is 0 Å². The molecule has 0 amide bonds. The van der Waals surface area contributed by atoms with Crippen molar-refractivity contribution in [2.75, 3.05) is 26.2 Å². The van der Waals surface area contributed by atoms with Crippen LogP contribution in [0.25, 0.3) is 0 Å². The third-order valence-corrected chi connectivity index (χ3v) is 3.19. The van der Waals surface area contributed by atoms with Crippen LogP contribution in [0.1, 0.15) is 19.3 Å². The summed E-state index contributed by atoms with van der Waals surface area (Å²) in [6, 6.07) is 6.45. The maximum Gasteiger partial charge on any atom is 0.165 e. The van der Waals surface area contributed by atoms with Crippen molar-refractivity contribution in [2.45, 2.75) is 25.4 Å². The molecule has 0 bridgehead atoms. The van der Waals surface area contributed by atoms with E-state index in [0.29, 0.717) is 12.4 Å². The van der Waals surface area contributed by atoms with Crippen molar-refractivity contribution < 1.29 is 14.2 Å². The van der Waals surface area contributed by atoms with Crippen LogP contribution in [0.4, 0.5) is 4.39 Å². The highest BCUT2D eigenvalue weighted by atomic mass is 19.1. The van der Waals surface area contributed by atoms with E-state index in [1.807, 2.05) is 0 Å². The Morgan fingerprint density at radius 3 is 3.00 bits per heavy atom. The molecule has 0 spiro atoms. The number of hydrogen-bond donors (Lipinski definition) is 1. The molecule has 1 saturated heterocycles. The van der Waals surface area contributed by atoms with Gasteiger partial charge >= 0.3 is 0 Å². The van der Waals surface area contributed by atoms with E-state index in [9.17, 15) is 9.50 Å². The highest BCUT2D eigenvalue weighted by molar-refractivity contribution is 5.23. The fraction of sp³-hybridized carbons (Fsp3) is 0.571. The summed E-state index contributed by atoms with van der Waals surface area (Å²) < 4.78 is 18.6. The second-order valence-electron chi connectivity index (χ2n) is 4.73. The molecule has 0 radical (unpaired) electrons. The van der Waals surface area contributed by atoms with Gasteiger partial charge in [0, 0.05) is 13.1 Å². The zero-order chi connectivity index (χ0) is 12.8. The lowest BCUT2D eigenvalue weighted by Gasteiger charge is -2.29. The molecule has 1 heterocycles. The van der Waals surface area contributed by atoms with E-state index in [0.717, 1.165) is 38.9 Å². The number of β-amino-alcohol motifs (C(OH)–C–C–N with tert-alkyl or cyclic N) is 1. The molecule has 1 unspecified atom stereocenters. The van der Waals surface area contributed by atoms with Gasteiger partial charge in [-0.2, -0.15) is 0 Å². The Labute approximate surface area is 107 Å². The first kappa shape index (κ1) is 13.3. The van der Waals surface area contributed by atoms with E-state index in [-0.39, 0.29) is 11.9 Å². The lowest BCUT2D eigenvalue weighted by atomic mass is 10.1. The summed E-state index contributed by atoms with van der Waals surface area (Å²) in [5, 5.41) is 9.53. The Hall–Kier alpha value is -1.13. The van der Waals surface area contributed by atoms with E-state index in [1.165, 1.54) is 6.07 Å². The first-order chi connectivity index (χ1) is 8.75. The number of halogens is 1. The second-order valence-corrected chi connectivity index (χ2v) is 4.73. The van der Waals surface area contributed by atoms with Gasteiger partial charge in [-0.1, -0.05) is 12.1 Å². The number of aliphatic hydroxyl groups excluding tert-OH is 1. The number of aliphatic hydroxyl groups is 1. The Kier molecular flexibility index (Phi) is 4.96. The molecule has 1 aliphatic heterocycles. The third-order valence-electron chi connectivity index (χ3n) is 3.19. The van der Waals surface area contributed by atoms with Gasteiger partial charge in [-0.25, -0.2) is 4.39 Å². The number of hydrogen-bond acceptors (Lipinski definition) is 3. The first-order valence-electron chi connectivity index (χ1n) is 6.53. The molecule has 1 fully saturated rings. The summed E-state index contributed by atoms with van der Waals surface area (Å²) in [4.78, 5) is 2.23. The van der Waals surface area contributed by atoms with Crippen LogP contribution in [0.15, 0.2) is 24.3 Å². The number of benzene rings is 1. The molecular formula is C14H20FNO2. The number of para-hydroxylation sites is 1. The van der Waals surface area contributed by atoms with Crippen LogP contribution in [0, 0.1) is 5.82 Å². The predicted molar refractivity (Wildman–Crippen MR) is 68.2 cm³/mol. The molecule has 100 valence electrons. The number of nitrogens with zero attached hydrogens (tertiary/aromatic N) is 1. The van der Waals surface area contributed by atoms with Gasteiger partial charge in [0.2, 0.25) is 0 Å². The molecule has 0 aromatic heterocycles. The van der Waals surface area contributed by atoms with Gasteiger partial charge in [-0.15, -0.1) is 0 Å².